The van der Waals surface area contributed by atoms with Gasteiger partial charge in [-0.3, -0.25) is 9.88 Å². The number of anilines is 1. The van der Waals surface area contributed by atoms with Crippen LogP contribution < -0.4 is 4.90 Å². The average Bonchev–Trinajstić information content (AvgIpc) is 3.23. The molecule has 0 amide bonds. The lowest BCUT2D eigenvalue weighted by Crippen LogP contribution is -2.43. The van der Waals surface area contributed by atoms with Crippen LogP contribution in [0.15, 0.2) is 30.5 Å². The molecule has 1 aliphatic carbocycles. The first kappa shape index (κ1) is 18.6. The maximum atomic E-state index is 14.2. The zero-order valence-electron chi connectivity index (χ0n) is 15.9. The maximum absolute atomic E-state index is 14.2. The Kier molecular flexibility index (Phi) is 4.06. The minimum atomic E-state index is -4.24. The average molecular weight is 402 g/mol. The van der Waals surface area contributed by atoms with Gasteiger partial charge in [0.15, 0.2) is 0 Å². The molecule has 2 unspecified atom stereocenters. The number of rotatable bonds is 3. The van der Waals surface area contributed by atoms with E-state index in [1.165, 1.54) is 0 Å². The monoisotopic (exact) mass is 402 g/mol. The number of aromatic nitrogens is 1. The number of ether oxygens (including phenoxy) is 1. The summed E-state index contributed by atoms with van der Waals surface area (Å²) >= 11 is 0. The summed E-state index contributed by atoms with van der Waals surface area (Å²) in [4.78, 5) is 8.26. The van der Waals surface area contributed by atoms with E-state index in [0.29, 0.717) is 50.5 Å². The van der Waals surface area contributed by atoms with Crippen LogP contribution in [-0.2, 0) is 4.74 Å². The Hall–Kier alpha value is -2.37. The zero-order valence-corrected chi connectivity index (χ0v) is 15.9. The number of nitriles is 1. The van der Waals surface area contributed by atoms with Crippen LogP contribution in [0.1, 0.15) is 12.0 Å². The Morgan fingerprint density at radius 3 is 2.69 bits per heavy atom. The molecule has 3 fully saturated rings. The van der Waals surface area contributed by atoms with Crippen molar-refractivity contribution in [3.05, 3.63) is 36.0 Å². The SMILES string of the molecule is N#Cc1ccc(N2CC3(CN4CCOCC4)CC3(C(F)(F)F)C2)c2cccnc12. The van der Waals surface area contributed by atoms with E-state index in [9.17, 15) is 18.4 Å². The van der Waals surface area contributed by atoms with Gasteiger partial charge in [0.1, 0.15) is 6.07 Å². The van der Waals surface area contributed by atoms with E-state index in [1.54, 1.807) is 24.4 Å². The van der Waals surface area contributed by atoms with Crippen molar-refractivity contribution in [2.45, 2.75) is 12.6 Å². The molecule has 0 N–H and O–H groups in total. The summed E-state index contributed by atoms with van der Waals surface area (Å²) in [6.07, 6.45) is -2.45. The molecular formula is C21H21F3N4O. The summed E-state index contributed by atoms with van der Waals surface area (Å²) in [5, 5.41) is 10.1. The van der Waals surface area contributed by atoms with E-state index in [2.05, 4.69) is 16.0 Å². The smallest absolute Gasteiger partial charge is 0.379 e. The Bertz CT molecular complexity index is 998. The predicted molar refractivity (Wildman–Crippen MR) is 101 cm³/mol. The van der Waals surface area contributed by atoms with Gasteiger partial charge in [-0.1, -0.05) is 0 Å². The third-order valence-corrected chi connectivity index (χ3v) is 6.87. The van der Waals surface area contributed by atoms with Crippen LogP contribution in [0.3, 0.4) is 0 Å². The molecule has 5 nitrogen and oxygen atoms in total. The van der Waals surface area contributed by atoms with Crippen LogP contribution in [-0.4, -0.2) is 62.0 Å². The minimum Gasteiger partial charge on any atom is -0.379 e. The summed E-state index contributed by atoms with van der Waals surface area (Å²) in [7, 11) is 0. The van der Waals surface area contributed by atoms with Gasteiger partial charge in [0.25, 0.3) is 0 Å². The van der Waals surface area contributed by atoms with Gasteiger partial charge < -0.3 is 9.64 Å². The zero-order chi connectivity index (χ0) is 20.3. The topological polar surface area (TPSA) is 52.4 Å². The van der Waals surface area contributed by atoms with Crippen LogP contribution in [0.5, 0.6) is 0 Å². The van der Waals surface area contributed by atoms with Gasteiger partial charge in [0, 0.05) is 55.4 Å². The second-order valence-corrected chi connectivity index (χ2v) is 8.43. The van der Waals surface area contributed by atoms with Gasteiger partial charge >= 0.3 is 6.18 Å². The predicted octanol–water partition coefficient (Wildman–Crippen LogP) is 3.20. The van der Waals surface area contributed by atoms with Crippen molar-refractivity contribution in [2.75, 3.05) is 50.8 Å². The van der Waals surface area contributed by atoms with Crippen molar-refractivity contribution < 1.29 is 17.9 Å². The van der Waals surface area contributed by atoms with Crippen LogP contribution in [0.2, 0.25) is 0 Å². The first-order chi connectivity index (χ1) is 13.9. The number of fused-ring (bicyclic) bond motifs is 2. The van der Waals surface area contributed by atoms with Crippen molar-refractivity contribution in [1.82, 2.24) is 9.88 Å². The Labute approximate surface area is 166 Å². The molecule has 1 aromatic heterocycles. The number of hydrogen-bond acceptors (Lipinski definition) is 5. The van der Waals surface area contributed by atoms with E-state index in [0.717, 1.165) is 11.1 Å². The van der Waals surface area contributed by atoms with Gasteiger partial charge in [-0.05, 0) is 30.7 Å². The van der Waals surface area contributed by atoms with E-state index in [-0.39, 0.29) is 13.0 Å². The molecule has 3 aliphatic rings. The quantitative estimate of drug-likeness (QED) is 0.789. The van der Waals surface area contributed by atoms with E-state index in [1.807, 2.05) is 11.0 Å². The number of piperidine rings is 1. The Morgan fingerprint density at radius 2 is 1.97 bits per heavy atom. The Balaban J connectivity index is 1.51. The van der Waals surface area contributed by atoms with E-state index < -0.39 is 17.0 Å². The summed E-state index contributed by atoms with van der Waals surface area (Å²) < 4.78 is 47.9. The maximum Gasteiger partial charge on any atom is 0.396 e. The molecule has 0 bridgehead atoms. The molecule has 29 heavy (non-hydrogen) atoms. The van der Waals surface area contributed by atoms with Crippen molar-refractivity contribution >= 4 is 16.6 Å². The lowest BCUT2D eigenvalue weighted by molar-refractivity contribution is -0.191. The fourth-order valence-corrected chi connectivity index (χ4v) is 5.34. The minimum absolute atomic E-state index is 0.0449. The van der Waals surface area contributed by atoms with Crippen molar-refractivity contribution in [3.63, 3.8) is 0 Å². The molecule has 2 saturated heterocycles. The van der Waals surface area contributed by atoms with Crippen LogP contribution in [0, 0.1) is 22.2 Å². The molecule has 3 heterocycles. The first-order valence-corrected chi connectivity index (χ1v) is 9.79. The lowest BCUT2D eigenvalue weighted by Gasteiger charge is -2.31. The highest BCUT2D eigenvalue weighted by atomic mass is 19.4. The highest BCUT2D eigenvalue weighted by Gasteiger charge is 2.83. The molecule has 1 saturated carbocycles. The van der Waals surface area contributed by atoms with Crippen molar-refractivity contribution in [3.8, 4) is 6.07 Å². The molecule has 0 spiro atoms. The standard InChI is InChI=1S/C21H21F3N4O/c22-21(23,24)20-11-19(20,12-27-6-8-29-9-7-27)13-28(14-20)17-4-3-15(10-25)18-16(17)2-1-5-26-18/h1-5H,6-9,11-14H2. The van der Waals surface area contributed by atoms with Crippen LogP contribution in [0.25, 0.3) is 10.9 Å². The van der Waals surface area contributed by atoms with Gasteiger partial charge in [-0.15, -0.1) is 0 Å². The number of hydrogen-bond donors (Lipinski definition) is 0. The number of alkyl halides is 3. The number of nitrogens with zero attached hydrogens (tertiary/aromatic N) is 4. The molecule has 8 heteroatoms. The third-order valence-electron chi connectivity index (χ3n) is 6.87. The fraction of sp³-hybridized carbons (Fsp3) is 0.524. The summed E-state index contributed by atoms with van der Waals surface area (Å²) in [6.45, 7) is 3.27. The normalized spacial score (nSPS) is 29.7. The molecule has 0 radical (unpaired) electrons. The molecule has 1 aromatic carbocycles. The number of halogens is 3. The van der Waals surface area contributed by atoms with Gasteiger partial charge in [0.2, 0.25) is 0 Å². The number of benzene rings is 1. The number of morpholine rings is 1. The highest BCUT2D eigenvalue weighted by molar-refractivity contribution is 5.95. The summed E-state index contributed by atoms with van der Waals surface area (Å²) in [5.41, 5.74) is -0.755. The Morgan fingerprint density at radius 1 is 1.17 bits per heavy atom. The summed E-state index contributed by atoms with van der Waals surface area (Å²) in [5.74, 6) is 0. The largest absolute Gasteiger partial charge is 0.396 e. The van der Waals surface area contributed by atoms with E-state index in [4.69, 9.17) is 4.74 Å². The fourth-order valence-electron chi connectivity index (χ4n) is 5.34. The van der Waals surface area contributed by atoms with Gasteiger partial charge in [-0.25, -0.2) is 0 Å². The van der Waals surface area contributed by atoms with Gasteiger partial charge in [0.05, 0.1) is 29.7 Å². The van der Waals surface area contributed by atoms with E-state index >= 15 is 0 Å². The van der Waals surface area contributed by atoms with Crippen LogP contribution >= 0.6 is 0 Å². The molecule has 2 aliphatic heterocycles. The second kappa shape index (κ2) is 6.31. The van der Waals surface area contributed by atoms with Crippen molar-refractivity contribution in [1.29, 1.82) is 5.26 Å². The second-order valence-electron chi connectivity index (χ2n) is 8.43. The summed E-state index contributed by atoms with van der Waals surface area (Å²) in [6, 6.07) is 9.13. The first-order valence-electron chi connectivity index (χ1n) is 9.79. The lowest BCUT2D eigenvalue weighted by atomic mass is 9.95. The van der Waals surface area contributed by atoms with Gasteiger partial charge in [-0.2, -0.15) is 18.4 Å². The third kappa shape index (κ3) is 2.71. The number of pyridine rings is 1. The molecular weight excluding hydrogens is 381 g/mol. The molecule has 2 atom stereocenters. The van der Waals surface area contributed by atoms with Crippen LogP contribution in [0.4, 0.5) is 18.9 Å². The highest BCUT2D eigenvalue weighted by Crippen LogP contribution is 2.75. The molecule has 152 valence electrons. The molecule has 5 rings (SSSR count). The van der Waals surface area contributed by atoms with Crippen molar-refractivity contribution in [2.24, 2.45) is 10.8 Å². The molecule has 2 aromatic rings.